The normalized spacial score (nSPS) is 23.7. The highest BCUT2D eigenvalue weighted by molar-refractivity contribution is 6.31. The molecule has 6 heteroatoms. The fraction of sp³-hybridized carbons (Fsp3) is 0.381. The summed E-state index contributed by atoms with van der Waals surface area (Å²) in [5.74, 6) is 1.48. The van der Waals surface area contributed by atoms with Crippen molar-refractivity contribution in [3.8, 4) is 5.75 Å². The van der Waals surface area contributed by atoms with Gasteiger partial charge >= 0.3 is 0 Å². The quantitative estimate of drug-likeness (QED) is 0.833. The molecule has 1 N–H and O–H groups in total. The molecule has 0 aromatic heterocycles. The molecule has 2 aliphatic rings. The highest BCUT2D eigenvalue weighted by Gasteiger charge is 2.47. The fourth-order valence-electron chi connectivity index (χ4n) is 4.45. The third-order valence-electron chi connectivity index (χ3n) is 5.72. The molecule has 2 aliphatic heterocycles. The maximum Gasteiger partial charge on any atom is 0.258 e. The Morgan fingerprint density at radius 1 is 1.22 bits per heavy atom. The van der Waals surface area contributed by atoms with Crippen LogP contribution >= 0.6 is 24.0 Å². The second kappa shape index (κ2) is 8.09. The summed E-state index contributed by atoms with van der Waals surface area (Å²) in [5.41, 5.74) is 2.99. The first-order valence-corrected chi connectivity index (χ1v) is 9.38. The van der Waals surface area contributed by atoms with Crippen LogP contribution in [0, 0.1) is 18.8 Å². The minimum Gasteiger partial charge on any atom is -0.496 e. The van der Waals surface area contributed by atoms with E-state index in [1.54, 1.807) is 25.3 Å². The number of ether oxygens (including phenoxy) is 1. The Bertz CT molecular complexity index is 843. The van der Waals surface area contributed by atoms with E-state index in [9.17, 15) is 4.79 Å². The van der Waals surface area contributed by atoms with Gasteiger partial charge in [0, 0.05) is 30.6 Å². The lowest BCUT2D eigenvalue weighted by Crippen LogP contribution is -2.35. The van der Waals surface area contributed by atoms with E-state index >= 15 is 0 Å². The van der Waals surface area contributed by atoms with Gasteiger partial charge in [-0.1, -0.05) is 35.9 Å². The average molecular weight is 407 g/mol. The van der Waals surface area contributed by atoms with E-state index < -0.39 is 0 Å². The second-order valence-electron chi connectivity index (χ2n) is 7.19. The topological polar surface area (TPSA) is 41.6 Å². The highest BCUT2D eigenvalue weighted by Crippen LogP contribution is 2.44. The number of amides is 1. The summed E-state index contributed by atoms with van der Waals surface area (Å²) in [6, 6.07) is 13.7. The number of methoxy groups -OCH3 is 1. The third kappa shape index (κ3) is 3.54. The van der Waals surface area contributed by atoms with Crippen molar-refractivity contribution in [3.05, 3.63) is 64.2 Å². The third-order valence-corrected chi connectivity index (χ3v) is 5.96. The largest absolute Gasteiger partial charge is 0.496 e. The molecule has 2 aromatic rings. The Morgan fingerprint density at radius 3 is 2.74 bits per heavy atom. The Morgan fingerprint density at radius 2 is 2.00 bits per heavy atom. The maximum absolute atomic E-state index is 13.5. The number of rotatable bonds is 3. The number of hydrogen-bond donors (Lipinski definition) is 1. The molecule has 2 heterocycles. The molecule has 4 nitrogen and oxygen atoms in total. The Kier molecular flexibility index (Phi) is 5.99. The molecule has 2 aromatic carbocycles. The highest BCUT2D eigenvalue weighted by atomic mass is 35.5. The van der Waals surface area contributed by atoms with Gasteiger partial charge in [0.15, 0.2) is 0 Å². The van der Waals surface area contributed by atoms with E-state index in [1.807, 2.05) is 11.0 Å². The molecule has 4 rings (SSSR count). The number of carbonyl (C=O) groups excluding carboxylic acids is 1. The summed E-state index contributed by atoms with van der Waals surface area (Å²) < 4.78 is 5.42. The summed E-state index contributed by atoms with van der Waals surface area (Å²) in [6.45, 7) is 4.78. The van der Waals surface area contributed by atoms with Gasteiger partial charge in [0.2, 0.25) is 0 Å². The summed E-state index contributed by atoms with van der Waals surface area (Å²) >= 11 is 6.16. The molecule has 27 heavy (non-hydrogen) atoms. The summed E-state index contributed by atoms with van der Waals surface area (Å²) in [7, 11) is 1.58. The van der Waals surface area contributed by atoms with Crippen LogP contribution < -0.4 is 10.1 Å². The van der Waals surface area contributed by atoms with Gasteiger partial charge in [-0.05, 0) is 42.2 Å². The molecule has 0 radical (unpaired) electrons. The van der Waals surface area contributed by atoms with Crippen LogP contribution in [0.2, 0.25) is 5.02 Å². The van der Waals surface area contributed by atoms with Crippen LogP contribution in [0.25, 0.3) is 0 Å². The van der Waals surface area contributed by atoms with E-state index in [0.29, 0.717) is 28.2 Å². The van der Waals surface area contributed by atoms with E-state index in [0.717, 1.165) is 19.6 Å². The molecule has 1 amide bonds. The van der Waals surface area contributed by atoms with Crippen LogP contribution in [0.1, 0.15) is 27.5 Å². The van der Waals surface area contributed by atoms with Crippen LogP contribution in [0.3, 0.4) is 0 Å². The van der Waals surface area contributed by atoms with Crippen LogP contribution in [-0.2, 0) is 0 Å². The number of aryl methyl sites for hydroxylation is 1. The zero-order valence-electron chi connectivity index (χ0n) is 15.4. The summed E-state index contributed by atoms with van der Waals surface area (Å²) in [5, 5.41) is 4.03. The molecule has 144 valence electrons. The van der Waals surface area contributed by atoms with Crippen molar-refractivity contribution in [1.29, 1.82) is 0 Å². The van der Waals surface area contributed by atoms with Crippen molar-refractivity contribution in [2.45, 2.75) is 13.0 Å². The van der Waals surface area contributed by atoms with Gasteiger partial charge < -0.3 is 15.0 Å². The van der Waals surface area contributed by atoms with Gasteiger partial charge in [0.1, 0.15) is 5.75 Å². The van der Waals surface area contributed by atoms with Crippen molar-refractivity contribution in [1.82, 2.24) is 10.2 Å². The second-order valence-corrected chi connectivity index (χ2v) is 7.62. The molecular formula is C21H24Cl2N2O2. The van der Waals surface area contributed by atoms with Crippen LogP contribution in [0.5, 0.6) is 5.75 Å². The van der Waals surface area contributed by atoms with E-state index in [2.05, 4.69) is 30.4 Å². The monoisotopic (exact) mass is 406 g/mol. The number of halogens is 2. The summed E-state index contributed by atoms with van der Waals surface area (Å²) in [4.78, 5) is 15.5. The zero-order valence-corrected chi connectivity index (χ0v) is 17.0. The van der Waals surface area contributed by atoms with E-state index in [-0.39, 0.29) is 24.4 Å². The number of nitrogens with one attached hydrogen (secondary N) is 1. The van der Waals surface area contributed by atoms with E-state index in [1.165, 1.54) is 11.1 Å². The predicted octanol–water partition coefficient (Wildman–Crippen LogP) is 4.11. The van der Waals surface area contributed by atoms with Crippen molar-refractivity contribution in [2.75, 3.05) is 26.7 Å². The van der Waals surface area contributed by atoms with E-state index in [4.69, 9.17) is 16.3 Å². The van der Waals surface area contributed by atoms with Crippen LogP contribution in [-0.4, -0.2) is 37.6 Å². The Labute approximate surface area is 171 Å². The Balaban J connectivity index is 0.00000210. The lowest BCUT2D eigenvalue weighted by atomic mass is 9.87. The Hall–Kier alpha value is -1.75. The number of fused-ring (bicyclic) bond motifs is 1. The molecule has 3 atom stereocenters. The first-order chi connectivity index (χ1) is 12.6. The fourth-order valence-corrected chi connectivity index (χ4v) is 4.62. The number of benzene rings is 2. The summed E-state index contributed by atoms with van der Waals surface area (Å²) in [6.07, 6.45) is 0. The lowest BCUT2D eigenvalue weighted by Gasteiger charge is -2.30. The van der Waals surface area contributed by atoms with Gasteiger partial charge in [0.05, 0.1) is 18.7 Å². The van der Waals surface area contributed by atoms with Crippen LogP contribution in [0.15, 0.2) is 42.5 Å². The average Bonchev–Trinajstić information content (AvgIpc) is 3.23. The van der Waals surface area contributed by atoms with Crippen LogP contribution in [0.4, 0.5) is 0 Å². The first kappa shape index (κ1) is 20.0. The first-order valence-electron chi connectivity index (χ1n) is 9.01. The number of likely N-dealkylation sites (tertiary alicyclic amines) is 1. The number of nitrogens with zero attached hydrogens (tertiary/aromatic N) is 1. The lowest BCUT2D eigenvalue weighted by molar-refractivity contribution is 0.0710. The van der Waals surface area contributed by atoms with Crippen molar-refractivity contribution < 1.29 is 9.53 Å². The molecule has 0 unspecified atom stereocenters. The maximum atomic E-state index is 13.5. The van der Waals surface area contributed by atoms with Crippen molar-refractivity contribution >= 4 is 29.9 Å². The number of carbonyl (C=O) groups is 1. The van der Waals surface area contributed by atoms with Gasteiger partial charge in [-0.3, -0.25) is 4.79 Å². The SMILES string of the molecule is COc1ccc(Cl)cc1C(=O)N1C[C@@H]2CNC[C@@H]2[C@@H]1c1ccccc1C.Cl. The van der Waals surface area contributed by atoms with Crippen molar-refractivity contribution in [2.24, 2.45) is 11.8 Å². The smallest absolute Gasteiger partial charge is 0.258 e. The molecule has 0 aliphatic carbocycles. The molecule has 2 saturated heterocycles. The molecule has 2 fully saturated rings. The molecular weight excluding hydrogens is 383 g/mol. The molecule has 0 saturated carbocycles. The predicted molar refractivity (Wildman–Crippen MR) is 110 cm³/mol. The molecule has 0 bridgehead atoms. The standard InChI is InChI=1S/C21H23ClN2O2.ClH/c1-13-5-3-4-6-16(13)20-18-11-23-10-14(18)12-24(20)21(25)17-9-15(22)7-8-19(17)26-2;/h3-9,14,18,20,23H,10-12H2,1-2H3;1H/t14-,18-,20-;/m0./s1. The van der Waals surface area contributed by atoms with Crippen molar-refractivity contribution in [3.63, 3.8) is 0 Å². The number of hydrogen-bond acceptors (Lipinski definition) is 3. The van der Waals surface area contributed by atoms with Gasteiger partial charge in [0.25, 0.3) is 5.91 Å². The van der Waals surface area contributed by atoms with Gasteiger partial charge in [-0.15, -0.1) is 12.4 Å². The minimum atomic E-state index is -0.00740. The zero-order chi connectivity index (χ0) is 18.3. The van der Waals surface area contributed by atoms with Gasteiger partial charge in [-0.25, -0.2) is 0 Å². The van der Waals surface area contributed by atoms with Gasteiger partial charge in [-0.2, -0.15) is 0 Å². The molecule has 0 spiro atoms. The minimum absolute atomic E-state index is 0.